The van der Waals surface area contributed by atoms with Gasteiger partial charge in [-0.15, -0.1) is 0 Å². The van der Waals surface area contributed by atoms with Crippen LogP contribution >= 0.6 is 0 Å². The number of aromatic amines is 1. The molecule has 2 atom stereocenters. The molecule has 3 aliphatic rings. The van der Waals surface area contributed by atoms with Gasteiger partial charge in [-0.05, 0) is 50.3 Å². The van der Waals surface area contributed by atoms with Crippen LogP contribution in [0.3, 0.4) is 0 Å². The first-order chi connectivity index (χ1) is 12.3. The molecule has 1 aromatic carbocycles. The average Bonchev–Trinajstić information content (AvgIpc) is 3.04. The van der Waals surface area contributed by atoms with Gasteiger partial charge < -0.3 is 14.5 Å². The van der Waals surface area contributed by atoms with Gasteiger partial charge in [-0.2, -0.15) is 0 Å². The Morgan fingerprint density at radius 3 is 2.68 bits per heavy atom. The summed E-state index contributed by atoms with van der Waals surface area (Å²) in [5, 5.41) is 1.30. The van der Waals surface area contributed by atoms with Crippen molar-refractivity contribution in [2.75, 3.05) is 33.9 Å². The molecule has 0 unspecified atom stereocenters. The number of hydrogen-bond acceptors (Lipinski definition) is 4. The van der Waals surface area contributed by atoms with Gasteiger partial charge in [0.2, 0.25) is 0 Å². The number of fused-ring (bicyclic) bond motifs is 7. The molecule has 0 spiro atoms. The van der Waals surface area contributed by atoms with E-state index in [4.69, 9.17) is 9.47 Å². The number of nitrogens with one attached hydrogen (secondary N) is 1. The molecule has 0 aliphatic carbocycles. The summed E-state index contributed by atoms with van der Waals surface area (Å²) in [6, 6.07) is 4.77. The highest BCUT2D eigenvalue weighted by molar-refractivity contribution is 5.88. The quantitative estimate of drug-likeness (QED) is 0.910. The van der Waals surface area contributed by atoms with Crippen LogP contribution in [-0.2, 0) is 6.42 Å². The predicted molar refractivity (Wildman–Crippen MR) is 98.4 cm³/mol. The molecule has 0 amide bonds. The summed E-state index contributed by atoms with van der Waals surface area (Å²) in [6.07, 6.45) is 7.06. The summed E-state index contributed by atoms with van der Waals surface area (Å²) in [7, 11) is 3.41. The second kappa shape index (κ2) is 5.92. The minimum absolute atomic E-state index is 0.535. The minimum Gasteiger partial charge on any atom is -0.493 e. The summed E-state index contributed by atoms with van der Waals surface area (Å²) >= 11 is 0. The van der Waals surface area contributed by atoms with Crippen molar-refractivity contribution >= 4 is 10.9 Å². The van der Waals surface area contributed by atoms with Crippen LogP contribution in [0.2, 0.25) is 0 Å². The van der Waals surface area contributed by atoms with Gasteiger partial charge in [-0.3, -0.25) is 9.80 Å². The van der Waals surface area contributed by atoms with Crippen LogP contribution in [0.25, 0.3) is 10.9 Å². The van der Waals surface area contributed by atoms with Crippen molar-refractivity contribution in [3.8, 4) is 11.5 Å². The first-order valence-corrected chi connectivity index (χ1v) is 9.56. The fourth-order valence-electron chi connectivity index (χ4n) is 5.28. The SMILES string of the molecule is COc1cc2[nH]c3c(c2cc1OC)CCN1[C@@H]3CCN2CCCC[C@H]21. The first kappa shape index (κ1) is 15.5. The highest BCUT2D eigenvalue weighted by Gasteiger charge is 2.41. The molecule has 0 bridgehead atoms. The molecule has 4 heterocycles. The fourth-order valence-corrected chi connectivity index (χ4v) is 5.28. The van der Waals surface area contributed by atoms with Gasteiger partial charge in [-0.1, -0.05) is 0 Å². The molecule has 2 aromatic rings. The maximum Gasteiger partial charge on any atom is 0.162 e. The second-order valence-corrected chi connectivity index (χ2v) is 7.57. The van der Waals surface area contributed by atoms with Gasteiger partial charge in [0.1, 0.15) is 0 Å². The van der Waals surface area contributed by atoms with Crippen molar-refractivity contribution in [3.05, 3.63) is 23.4 Å². The molecule has 0 saturated carbocycles. The molecule has 5 heteroatoms. The van der Waals surface area contributed by atoms with E-state index in [0.717, 1.165) is 17.9 Å². The lowest BCUT2D eigenvalue weighted by Gasteiger charge is -2.52. The summed E-state index contributed by atoms with van der Waals surface area (Å²) in [6.45, 7) is 3.68. The maximum atomic E-state index is 5.53. The lowest BCUT2D eigenvalue weighted by molar-refractivity contribution is -0.0599. The number of H-pyrrole nitrogens is 1. The summed E-state index contributed by atoms with van der Waals surface area (Å²) in [5.41, 5.74) is 4.10. The molecule has 2 saturated heterocycles. The molecule has 1 N–H and O–H groups in total. The number of aromatic nitrogens is 1. The molecule has 2 fully saturated rings. The number of nitrogens with zero attached hydrogens (tertiary/aromatic N) is 2. The second-order valence-electron chi connectivity index (χ2n) is 7.57. The zero-order valence-corrected chi connectivity index (χ0v) is 15.2. The average molecular weight is 341 g/mol. The Balaban J connectivity index is 1.57. The number of benzene rings is 1. The van der Waals surface area contributed by atoms with Crippen molar-refractivity contribution in [2.24, 2.45) is 0 Å². The standard InChI is InChI=1S/C20H27N3O2/c1-24-17-11-14-13-6-10-23-16(7-9-22-8-4-3-5-19(22)23)20(13)21-15(14)12-18(17)25-2/h11-12,16,19,21H,3-10H2,1-2H3/t16-,19-/m1/s1. The van der Waals surface area contributed by atoms with E-state index in [1.54, 1.807) is 14.2 Å². The highest BCUT2D eigenvalue weighted by atomic mass is 16.5. The van der Waals surface area contributed by atoms with E-state index >= 15 is 0 Å². The molecule has 134 valence electrons. The lowest BCUT2D eigenvalue weighted by Crippen LogP contribution is -2.58. The van der Waals surface area contributed by atoms with E-state index in [-0.39, 0.29) is 0 Å². The first-order valence-electron chi connectivity index (χ1n) is 9.56. The van der Waals surface area contributed by atoms with E-state index < -0.39 is 0 Å². The highest BCUT2D eigenvalue weighted by Crippen LogP contribution is 2.44. The monoisotopic (exact) mass is 341 g/mol. The molecule has 5 rings (SSSR count). The van der Waals surface area contributed by atoms with Crippen molar-refractivity contribution < 1.29 is 9.47 Å². The maximum absolute atomic E-state index is 5.53. The Kier molecular flexibility index (Phi) is 3.68. The molecule has 1 aromatic heterocycles. The Hall–Kier alpha value is -1.72. The van der Waals surface area contributed by atoms with E-state index in [0.29, 0.717) is 12.2 Å². The Bertz CT molecular complexity index is 800. The third-order valence-electron chi connectivity index (χ3n) is 6.45. The third-order valence-corrected chi connectivity index (χ3v) is 6.45. The van der Waals surface area contributed by atoms with Crippen LogP contribution in [0.5, 0.6) is 11.5 Å². The zero-order chi connectivity index (χ0) is 17.0. The van der Waals surface area contributed by atoms with Gasteiger partial charge in [0.25, 0.3) is 0 Å². The van der Waals surface area contributed by atoms with E-state index in [1.165, 1.54) is 67.5 Å². The van der Waals surface area contributed by atoms with Crippen molar-refractivity contribution in [1.82, 2.24) is 14.8 Å². The van der Waals surface area contributed by atoms with Crippen molar-refractivity contribution in [1.29, 1.82) is 0 Å². The smallest absolute Gasteiger partial charge is 0.162 e. The third kappa shape index (κ3) is 2.29. The number of ether oxygens (including phenoxy) is 2. The topological polar surface area (TPSA) is 40.7 Å². The Morgan fingerprint density at radius 1 is 1.00 bits per heavy atom. The minimum atomic E-state index is 0.535. The van der Waals surface area contributed by atoms with Gasteiger partial charge in [0.05, 0.1) is 26.4 Å². The van der Waals surface area contributed by atoms with Crippen LogP contribution in [0.4, 0.5) is 0 Å². The van der Waals surface area contributed by atoms with Crippen molar-refractivity contribution in [3.63, 3.8) is 0 Å². The lowest BCUT2D eigenvalue weighted by atomic mass is 9.90. The Morgan fingerprint density at radius 2 is 1.84 bits per heavy atom. The zero-order valence-electron chi connectivity index (χ0n) is 15.2. The Labute approximate surface area is 148 Å². The van der Waals surface area contributed by atoms with Crippen LogP contribution in [0.15, 0.2) is 12.1 Å². The number of methoxy groups -OCH3 is 2. The van der Waals surface area contributed by atoms with Gasteiger partial charge >= 0.3 is 0 Å². The largest absolute Gasteiger partial charge is 0.493 e. The van der Waals surface area contributed by atoms with Crippen LogP contribution in [0.1, 0.15) is 43.0 Å². The number of hydrogen-bond donors (Lipinski definition) is 1. The van der Waals surface area contributed by atoms with Crippen LogP contribution in [-0.4, -0.2) is 54.8 Å². The molecular weight excluding hydrogens is 314 g/mol. The normalized spacial score (nSPS) is 26.8. The van der Waals surface area contributed by atoms with Crippen LogP contribution < -0.4 is 9.47 Å². The van der Waals surface area contributed by atoms with Gasteiger partial charge in [0, 0.05) is 35.8 Å². The van der Waals surface area contributed by atoms with Gasteiger partial charge in [-0.25, -0.2) is 0 Å². The summed E-state index contributed by atoms with van der Waals surface area (Å²) < 4.78 is 11.0. The van der Waals surface area contributed by atoms with E-state index in [2.05, 4.69) is 26.9 Å². The van der Waals surface area contributed by atoms with E-state index in [1.807, 2.05) is 0 Å². The van der Waals surface area contributed by atoms with Gasteiger partial charge in [0.15, 0.2) is 11.5 Å². The van der Waals surface area contributed by atoms with E-state index in [9.17, 15) is 0 Å². The van der Waals surface area contributed by atoms with Crippen molar-refractivity contribution in [2.45, 2.75) is 44.3 Å². The summed E-state index contributed by atoms with van der Waals surface area (Å²) in [4.78, 5) is 9.21. The molecule has 0 radical (unpaired) electrons. The van der Waals surface area contributed by atoms with Crippen LogP contribution in [0, 0.1) is 0 Å². The number of rotatable bonds is 2. The molecular formula is C20H27N3O2. The molecule has 5 nitrogen and oxygen atoms in total. The molecule has 3 aliphatic heterocycles. The number of piperidine rings is 1. The predicted octanol–water partition coefficient (Wildman–Crippen LogP) is 3.30. The molecule has 25 heavy (non-hydrogen) atoms. The fraction of sp³-hybridized carbons (Fsp3) is 0.600. The summed E-state index contributed by atoms with van der Waals surface area (Å²) in [5.74, 6) is 1.62.